The number of aromatic nitrogens is 2. The van der Waals surface area contributed by atoms with Gasteiger partial charge in [0.2, 0.25) is 0 Å². The van der Waals surface area contributed by atoms with E-state index >= 15 is 0 Å². The van der Waals surface area contributed by atoms with Gasteiger partial charge in [-0.2, -0.15) is 0 Å². The molecule has 0 aliphatic carbocycles. The van der Waals surface area contributed by atoms with Gasteiger partial charge in [0.05, 0.1) is 0 Å². The third kappa shape index (κ3) is 3.71. The molecule has 0 saturated carbocycles. The third-order valence-electron chi connectivity index (χ3n) is 3.26. The van der Waals surface area contributed by atoms with Gasteiger partial charge < -0.3 is 10.1 Å². The summed E-state index contributed by atoms with van der Waals surface area (Å²) in [6, 6.07) is 16.5. The molecular formula is C18H15N3O2. The minimum Gasteiger partial charge on any atom is -0.424 e. The van der Waals surface area contributed by atoms with Crippen LogP contribution in [-0.2, 0) is 0 Å². The predicted octanol–water partition coefficient (Wildman–Crippen LogP) is 3.83. The average Bonchev–Trinajstić information content (AvgIpc) is 2.58. The van der Waals surface area contributed by atoms with E-state index in [1.165, 1.54) is 0 Å². The van der Waals surface area contributed by atoms with Crippen LogP contribution >= 0.6 is 0 Å². The van der Waals surface area contributed by atoms with Gasteiger partial charge in [-0.25, -0.2) is 9.97 Å². The molecule has 0 atom stereocenters. The second-order valence-corrected chi connectivity index (χ2v) is 4.93. The minimum absolute atomic E-state index is 0.165. The molecule has 0 spiro atoms. The largest absolute Gasteiger partial charge is 0.424 e. The highest BCUT2D eigenvalue weighted by atomic mass is 16.5. The molecule has 1 aromatic heterocycles. The summed E-state index contributed by atoms with van der Waals surface area (Å²) in [6.45, 7) is 1.95. The Morgan fingerprint density at radius 1 is 0.957 bits per heavy atom. The number of hydrogen-bond donors (Lipinski definition) is 1. The Bertz CT molecular complexity index is 802. The third-order valence-corrected chi connectivity index (χ3v) is 3.26. The molecule has 0 radical (unpaired) electrons. The summed E-state index contributed by atoms with van der Waals surface area (Å²) < 4.78 is 5.50. The summed E-state index contributed by atoms with van der Waals surface area (Å²) >= 11 is 0. The molecular weight excluding hydrogens is 290 g/mol. The van der Waals surface area contributed by atoms with Crippen molar-refractivity contribution >= 4 is 11.6 Å². The molecule has 3 rings (SSSR count). The van der Waals surface area contributed by atoms with Crippen LogP contribution in [0.1, 0.15) is 15.9 Å². The van der Waals surface area contributed by atoms with Crippen LogP contribution in [-0.4, -0.2) is 15.9 Å². The summed E-state index contributed by atoms with van der Waals surface area (Å²) in [7, 11) is 0. The molecule has 0 bridgehead atoms. The van der Waals surface area contributed by atoms with Crippen molar-refractivity contribution in [2.45, 2.75) is 6.92 Å². The number of nitrogens with one attached hydrogen (secondary N) is 1. The zero-order valence-corrected chi connectivity index (χ0v) is 12.6. The van der Waals surface area contributed by atoms with Crippen molar-refractivity contribution in [3.05, 3.63) is 78.1 Å². The first-order valence-corrected chi connectivity index (χ1v) is 7.14. The summed E-state index contributed by atoms with van der Waals surface area (Å²) in [5, 5.41) is 2.89. The van der Waals surface area contributed by atoms with Gasteiger partial charge in [-0.3, -0.25) is 4.79 Å². The second kappa shape index (κ2) is 6.70. The number of para-hydroxylation sites is 1. The van der Waals surface area contributed by atoms with Crippen LogP contribution in [0.4, 0.5) is 5.69 Å². The first-order chi connectivity index (χ1) is 11.2. The van der Waals surface area contributed by atoms with Gasteiger partial charge in [0.1, 0.15) is 5.75 Å². The normalized spacial score (nSPS) is 10.1. The highest BCUT2D eigenvalue weighted by Gasteiger charge is 2.08. The van der Waals surface area contributed by atoms with Gasteiger partial charge in [0.15, 0.2) is 0 Å². The maximum Gasteiger partial charge on any atom is 0.321 e. The van der Waals surface area contributed by atoms with E-state index < -0.39 is 0 Å². The molecule has 0 aliphatic heterocycles. The standard InChI is InChI=1S/C18H15N3O2/c1-13-5-2-3-6-16(13)21-17(22)14-7-9-15(10-8-14)23-18-19-11-4-12-20-18/h2-12H,1H3,(H,21,22). The van der Waals surface area contributed by atoms with Gasteiger partial charge in [0.25, 0.3) is 5.91 Å². The zero-order valence-electron chi connectivity index (χ0n) is 12.6. The molecule has 5 nitrogen and oxygen atoms in total. The lowest BCUT2D eigenvalue weighted by Gasteiger charge is -2.08. The Balaban J connectivity index is 1.69. The summed E-state index contributed by atoms with van der Waals surface area (Å²) in [4.78, 5) is 20.2. The molecule has 2 aromatic carbocycles. The molecule has 0 fully saturated rings. The first kappa shape index (κ1) is 14.7. The van der Waals surface area contributed by atoms with Crippen molar-refractivity contribution in [2.75, 3.05) is 5.32 Å². The quantitative estimate of drug-likeness (QED) is 0.795. The van der Waals surface area contributed by atoms with E-state index in [0.29, 0.717) is 11.3 Å². The molecule has 114 valence electrons. The van der Waals surface area contributed by atoms with Crippen LogP contribution in [0, 0.1) is 6.92 Å². The van der Waals surface area contributed by atoms with E-state index in [2.05, 4.69) is 15.3 Å². The van der Waals surface area contributed by atoms with Crippen molar-refractivity contribution in [1.82, 2.24) is 9.97 Å². The summed E-state index contributed by atoms with van der Waals surface area (Å²) in [6.07, 6.45) is 3.21. The van der Waals surface area contributed by atoms with Gasteiger partial charge in [-0.05, 0) is 48.9 Å². The van der Waals surface area contributed by atoms with Crippen molar-refractivity contribution in [3.8, 4) is 11.8 Å². The number of ether oxygens (including phenoxy) is 1. The number of anilines is 1. The number of carbonyl (C=O) groups is 1. The van der Waals surface area contributed by atoms with Crippen LogP contribution in [0.25, 0.3) is 0 Å². The minimum atomic E-state index is -0.165. The fourth-order valence-electron chi connectivity index (χ4n) is 2.03. The Hall–Kier alpha value is -3.21. The lowest BCUT2D eigenvalue weighted by Crippen LogP contribution is -2.12. The maximum atomic E-state index is 12.3. The van der Waals surface area contributed by atoms with Gasteiger partial charge in [0, 0.05) is 23.6 Å². The SMILES string of the molecule is Cc1ccccc1NC(=O)c1ccc(Oc2ncccn2)cc1. The van der Waals surface area contributed by atoms with Crippen molar-refractivity contribution in [1.29, 1.82) is 0 Å². The average molecular weight is 305 g/mol. The van der Waals surface area contributed by atoms with Crippen molar-refractivity contribution in [2.24, 2.45) is 0 Å². The van der Waals surface area contributed by atoms with Crippen LogP contribution in [0.3, 0.4) is 0 Å². The Morgan fingerprint density at radius 3 is 2.35 bits per heavy atom. The van der Waals surface area contributed by atoms with Gasteiger partial charge >= 0.3 is 6.01 Å². The van der Waals surface area contributed by atoms with E-state index in [0.717, 1.165) is 11.3 Å². The van der Waals surface area contributed by atoms with Crippen LogP contribution in [0.5, 0.6) is 11.8 Å². The lowest BCUT2D eigenvalue weighted by molar-refractivity contribution is 0.102. The fourth-order valence-corrected chi connectivity index (χ4v) is 2.03. The molecule has 0 unspecified atom stereocenters. The van der Waals surface area contributed by atoms with E-state index in [1.807, 2.05) is 31.2 Å². The van der Waals surface area contributed by atoms with Crippen molar-refractivity contribution in [3.63, 3.8) is 0 Å². The molecule has 5 heteroatoms. The Kier molecular flexibility index (Phi) is 4.29. The molecule has 1 amide bonds. The Labute approximate surface area is 134 Å². The number of amides is 1. The number of nitrogens with zero attached hydrogens (tertiary/aromatic N) is 2. The molecule has 3 aromatic rings. The molecule has 1 heterocycles. The summed E-state index contributed by atoms with van der Waals surface area (Å²) in [5.41, 5.74) is 2.37. The summed E-state index contributed by atoms with van der Waals surface area (Å²) in [5.74, 6) is 0.408. The van der Waals surface area contributed by atoms with E-state index in [9.17, 15) is 4.79 Å². The Morgan fingerprint density at radius 2 is 1.65 bits per heavy atom. The first-order valence-electron chi connectivity index (χ1n) is 7.14. The van der Waals surface area contributed by atoms with E-state index in [-0.39, 0.29) is 11.9 Å². The number of aryl methyl sites for hydroxylation is 1. The van der Waals surface area contributed by atoms with Crippen LogP contribution in [0.15, 0.2) is 67.0 Å². The second-order valence-electron chi connectivity index (χ2n) is 4.93. The van der Waals surface area contributed by atoms with Gasteiger partial charge in [-0.15, -0.1) is 0 Å². The smallest absolute Gasteiger partial charge is 0.321 e. The van der Waals surface area contributed by atoms with Crippen LogP contribution in [0.2, 0.25) is 0 Å². The molecule has 23 heavy (non-hydrogen) atoms. The number of hydrogen-bond acceptors (Lipinski definition) is 4. The van der Waals surface area contributed by atoms with E-state index in [1.54, 1.807) is 42.7 Å². The van der Waals surface area contributed by atoms with Gasteiger partial charge in [-0.1, -0.05) is 18.2 Å². The number of carbonyl (C=O) groups excluding carboxylic acids is 1. The topological polar surface area (TPSA) is 64.1 Å². The monoisotopic (exact) mass is 305 g/mol. The number of rotatable bonds is 4. The highest BCUT2D eigenvalue weighted by Crippen LogP contribution is 2.19. The zero-order chi connectivity index (χ0) is 16.1. The molecule has 0 saturated heterocycles. The number of benzene rings is 2. The highest BCUT2D eigenvalue weighted by molar-refractivity contribution is 6.04. The molecule has 0 aliphatic rings. The van der Waals surface area contributed by atoms with Crippen molar-refractivity contribution < 1.29 is 9.53 Å². The fraction of sp³-hybridized carbons (Fsp3) is 0.0556. The predicted molar refractivity (Wildman–Crippen MR) is 87.7 cm³/mol. The molecule has 1 N–H and O–H groups in total. The lowest BCUT2D eigenvalue weighted by atomic mass is 10.1. The van der Waals surface area contributed by atoms with Crippen LogP contribution < -0.4 is 10.1 Å². The van der Waals surface area contributed by atoms with E-state index in [4.69, 9.17) is 4.74 Å². The maximum absolute atomic E-state index is 12.3.